The predicted molar refractivity (Wildman–Crippen MR) is 71.4 cm³/mol. The van der Waals surface area contributed by atoms with Gasteiger partial charge in [-0.1, -0.05) is 12.1 Å². The Balaban J connectivity index is 1.82. The van der Waals surface area contributed by atoms with Crippen LogP contribution in [0.1, 0.15) is 30.4 Å². The van der Waals surface area contributed by atoms with Gasteiger partial charge in [0.2, 0.25) is 0 Å². The zero-order chi connectivity index (χ0) is 12.6. The van der Waals surface area contributed by atoms with Crippen molar-refractivity contribution in [2.75, 3.05) is 6.54 Å². The standard InChI is InChI=1S/C16H19NO2/c18-12-5-4-10-11-8-9-2-1-3-13-14(9)16(10,6-7-17-11)15(12)19-13/h1-3,10-12,15,17-18H,4-8H2/t10-,11+,12+,15-,16-/m0/s1. The van der Waals surface area contributed by atoms with Gasteiger partial charge in [0.25, 0.3) is 0 Å². The number of nitrogens with one attached hydrogen (secondary N) is 1. The summed E-state index contributed by atoms with van der Waals surface area (Å²) < 4.78 is 6.21. The Hall–Kier alpha value is -1.06. The van der Waals surface area contributed by atoms with Crippen LogP contribution in [0.15, 0.2) is 18.2 Å². The lowest BCUT2D eigenvalue weighted by atomic mass is 9.52. The molecule has 2 fully saturated rings. The van der Waals surface area contributed by atoms with E-state index in [2.05, 4.69) is 23.5 Å². The average Bonchev–Trinajstić information content (AvgIpc) is 2.74. The lowest BCUT2D eigenvalue weighted by Gasteiger charge is -2.56. The van der Waals surface area contributed by atoms with Crippen LogP contribution in [0.25, 0.3) is 0 Å². The van der Waals surface area contributed by atoms with Crippen LogP contribution in [-0.2, 0) is 11.8 Å². The Bertz CT molecular complexity index is 558. The molecular weight excluding hydrogens is 238 g/mol. The van der Waals surface area contributed by atoms with Crippen LogP contribution in [0.3, 0.4) is 0 Å². The van der Waals surface area contributed by atoms with Crippen molar-refractivity contribution < 1.29 is 9.84 Å². The quantitative estimate of drug-likeness (QED) is 0.737. The molecule has 2 N–H and O–H groups in total. The fourth-order valence-electron chi connectivity index (χ4n) is 5.41. The Morgan fingerprint density at radius 2 is 2.26 bits per heavy atom. The Kier molecular flexibility index (Phi) is 1.88. The third-order valence-electron chi connectivity index (χ3n) is 5.99. The van der Waals surface area contributed by atoms with E-state index in [0.717, 1.165) is 38.0 Å². The zero-order valence-corrected chi connectivity index (χ0v) is 10.9. The van der Waals surface area contributed by atoms with Gasteiger partial charge >= 0.3 is 0 Å². The van der Waals surface area contributed by atoms with E-state index in [9.17, 15) is 5.11 Å². The van der Waals surface area contributed by atoms with Gasteiger partial charge in [-0.2, -0.15) is 0 Å². The summed E-state index contributed by atoms with van der Waals surface area (Å²) in [6.45, 7) is 1.06. The summed E-state index contributed by atoms with van der Waals surface area (Å²) in [4.78, 5) is 0. The molecule has 2 bridgehead atoms. The van der Waals surface area contributed by atoms with Crippen LogP contribution >= 0.6 is 0 Å². The predicted octanol–water partition coefficient (Wildman–Crippen LogP) is 1.37. The van der Waals surface area contributed by atoms with Crippen LogP contribution in [0.2, 0.25) is 0 Å². The molecule has 5 rings (SSSR count). The average molecular weight is 257 g/mol. The molecule has 19 heavy (non-hydrogen) atoms. The van der Waals surface area contributed by atoms with Crippen LogP contribution in [0.5, 0.6) is 5.75 Å². The largest absolute Gasteiger partial charge is 0.486 e. The number of aliphatic hydroxyl groups excluding tert-OH is 1. The second-order valence-corrected chi connectivity index (χ2v) is 6.64. The van der Waals surface area contributed by atoms with E-state index in [1.54, 1.807) is 0 Å². The maximum atomic E-state index is 10.4. The maximum absolute atomic E-state index is 10.4. The molecule has 0 aromatic heterocycles. The van der Waals surface area contributed by atoms with Gasteiger partial charge in [0, 0.05) is 17.0 Å². The van der Waals surface area contributed by atoms with Gasteiger partial charge in [-0.15, -0.1) is 0 Å². The van der Waals surface area contributed by atoms with Crippen molar-refractivity contribution in [3.05, 3.63) is 29.3 Å². The van der Waals surface area contributed by atoms with Gasteiger partial charge in [0.05, 0.1) is 6.10 Å². The van der Waals surface area contributed by atoms with Crippen molar-refractivity contribution in [1.29, 1.82) is 0 Å². The summed E-state index contributed by atoms with van der Waals surface area (Å²) in [5, 5.41) is 14.2. The molecule has 0 radical (unpaired) electrons. The van der Waals surface area contributed by atoms with Crippen molar-refractivity contribution >= 4 is 0 Å². The van der Waals surface area contributed by atoms with Crippen molar-refractivity contribution in [3.8, 4) is 5.75 Å². The highest BCUT2D eigenvalue weighted by molar-refractivity contribution is 5.54. The summed E-state index contributed by atoms with van der Waals surface area (Å²) >= 11 is 0. The molecule has 5 atom stereocenters. The molecule has 1 saturated carbocycles. The second kappa shape index (κ2) is 3.33. The Labute approximate surface area is 113 Å². The fourth-order valence-corrected chi connectivity index (χ4v) is 5.41. The molecular formula is C16H19NO2. The molecule has 100 valence electrons. The summed E-state index contributed by atoms with van der Waals surface area (Å²) in [5.41, 5.74) is 2.99. The first-order chi connectivity index (χ1) is 9.30. The molecule has 1 spiro atoms. The number of hydrogen-bond acceptors (Lipinski definition) is 3. The van der Waals surface area contributed by atoms with E-state index in [0.29, 0.717) is 12.0 Å². The summed E-state index contributed by atoms with van der Waals surface area (Å²) in [5.74, 6) is 1.69. The van der Waals surface area contributed by atoms with Gasteiger partial charge in [-0.25, -0.2) is 0 Å². The van der Waals surface area contributed by atoms with Crippen LogP contribution < -0.4 is 10.1 Å². The molecule has 3 heteroatoms. The van der Waals surface area contributed by atoms with E-state index in [4.69, 9.17) is 4.74 Å². The molecule has 2 aliphatic carbocycles. The number of rotatable bonds is 0. The molecule has 2 aliphatic heterocycles. The minimum atomic E-state index is -0.298. The van der Waals surface area contributed by atoms with Crippen molar-refractivity contribution in [3.63, 3.8) is 0 Å². The molecule has 0 unspecified atom stereocenters. The second-order valence-electron chi connectivity index (χ2n) is 6.64. The Morgan fingerprint density at radius 3 is 3.21 bits per heavy atom. The fraction of sp³-hybridized carbons (Fsp3) is 0.625. The number of aliphatic hydroxyl groups is 1. The smallest absolute Gasteiger partial charge is 0.135 e. The number of ether oxygens (including phenoxy) is 1. The van der Waals surface area contributed by atoms with Gasteiger partial charge in [0.1, 0.15) is 11.9 Å². The third-order valence-corrected chi connectivity index (χ3v) is 5.99. The first-order valence-corrected chi connectivity index (χ1v) is 7.51. The number of benzene rings is 1. The van der Waals surface area contributed by atoms with Crippen LogP contribution in [-0.4, -0.2) is 29.9 Å². The van der Waals surface area contributed by atoms with Gasteiger partial charge in [0.15, 0.2) is 0 Å². The van der Waals surface area contributed by atoms with Gasteiger partial charge in [-0.3, -0.25) is 0 Å². The first-order valence-electron chi connectivity index (χ1n) is 7.51. The first kappa shape index (κ1) is 10.7. The highest BCUT2D eigenvalue weighted by atomic mass is 16.5. The molecule has 0 amide bonds. The highest BCUT2D eigenvalue weighted by Gasteiger charge is 2.63. The molecule has 2 heterocycles. The minimum absolute atomic E-state index is 0.00713. The van der Waals surface area contributed by atoms with Crippen molar-refractivity contribution in [1.82, 2.24) is 5.32 Å². The summed E-state index contributed by atoms with van der Waals surface area (Å²) in [6, 6.07) is 7.03. The van der Waals surface area contributed by atoms with E-state index in [1.807, 2.05) is 0 Å². The van der Waals surface area contributed by atoms with E-state index < -0.39 is 0 Å². The normalized spacial score (nSPS) is 45.5. The van der Waals surface area contributed by atoms with Gasteiger partial charge in [-0.05, 0) is 49.8 Å². The minimum Gasteiger partial charge on any atom is -0.486 e. The molecule has 1 aromatic carbocycles. The van der Waals surface area contributed by atoms with Gasteiger partial charge < -0.3 is 15.2 Å². The number of piperidine rings is 1. The maximum Gasteiger partial charge on any atom is 0.135 e. The molecule has 4 aliphatic rings. The lowest BCUT2D eigenvalue weighted by molar-refractivity contribution is -0.0758. The summed E-state index contributed by atoms with van der Waals surface area (Å²) in [7, 11) is 0. The zero-order valence-electron chi connectivity index (χ0n) is 10.9. The lowest BCUT2D eigenvalue weighted by Crippen LogP contribution is -2.66. The number of hydrogen-bond donors (Lipinski definition) is 2. The van der Waals surface area contributed by atoms with Crippen molar-refractivity contribution in [2.24, 2.45) is 5.92 Å². The van der Waals surface area contributed by atoms with E-state index in [-0.39, 0.29) is 17.6 Å². The van der Waals surface area contributed by atoms with Crippen molar-refractivity contribution in [2.45, 2.75) is 49.3 Å². The van der Waals surface area contributed by atoms with Crippen LogP contribution in [0, 0.1) is 5.92 Å². The monoisotopic (exact) mass is 257 g/mol. The third kappa shape index (κ3) is 1.09. The molecule has 1 saturated heterocycles. The Morgan fingerprint density at radius 1 is 1.32 bits per heavy atom. The summed E-state index contributed by atoms with van der Waals surface area (Å²) in [6.07, 6.45) is 3.95. The topological polar surface area (TPSA) is 41.5 Å². The van der Waals surface area contributed by atoms with Crippen LogP contribution in [0.4, 0.5) is 0 Å². The van der Waals surface area contributed by atoms with E-state index >= 15 is 0 Å². The molecule has 1 aromatic rings. The van der Waals surface area contributed by atoms with E-state index in [1.165, 1.54) is 11.1 Å². The highest BCUT2D eigenvalue weighted by Crippen LogP contribution is 2.60. The SMILES string of the molecule is O[C@@H]1CC[C@H]2[C@H]3Cc4cccc5c4[C@@]2(CCN3)[C@H]1O5. The molecule has 3 nitrogen and oxygen atoms in total.